The highest BCUT2D eigenvalue weighted by Gasteiger charge is 2.07. The number of hydrogen-bond acceptors (Lipinski definition) is 3. The molecule has 20 heavy (non-hydrogen) atoms. The maximum Gasteiger partial charge on any atom is 0.234 e. The molecule has 0 saturated heterocycles. The number of carbonyl (C=O) groups excluding carboxylic acids is 1. The predicted octanol–water partition coefficient (Wildman–Crippen LogP) is 3.96. The first-order valence-corrected chi connectivity index (χ1v) is 7.46. The molecular formula is C15H15ClN2OS. The molecule has 0 spiro atoms. The first-order valence-electron chi connectivity index (χ1n) is 6.09. The topological polar surface area (TPSA) is 55.1 Å². The van der Waals surface area contributed by atoms with Crippen molar-refractivity contribution >= 4 is 40.6 Å². The summed E-state index contributed by atoms with van der Waals surface area (Å²) in [5.41, 5.74) is 8.01. The van der Waals surface area contributed by atoms with Gasteiger partial charge in [-0.1, -0.05) is 23.7 Å². The van der Waals surface area contributed by atoms with Crippen LogP contribution < -0.4 is 11.1 Å². The number of hydrogen-bond donors (Lipinski definition) is 2. The molecule has 0 unspecified atom stereocenters. The first kappa shape index (κ1) is 14.8. The van der Waals surface area contributed by atoms with E-state index in [1.807, 2.05) is 43.3 Å². The third-order valence-corrected chi connectivity index (χ3v) is 4.17. The molecule has 0 fully saturated rings. The molecule has 0 atom stereocenters. The van der Waals surface area contributed by atoms with Gasteiger partial charge in [-0.2, -0.15) is 0 Å². The van der Waals surface area contributed by atoms with Crippen LogP contribution in [0.3, 0.4) is 0 Å². The number of nitrogen functional groups attached to an aromatic ring is 1. The summed E-state index contributed by atoms with van der Waals surface area (Å²) in [5.74, 6) is 0.262. The smallest absolute Gasteiger partial charge is 0.234 e. The summed E-state index contributed by atoms with van der Waals surface area (Å²) < 4.78 is 0. The average molecular weight is 307 g/mol. The van der Waals surface area contributed by atoms with Crippen LogP contribution in [-0.4, -0.2) is 11.7 Å². The van der Waals surface area contributed by atoms with Gasteiger partial charge in [0.15, 0.2) is 0 Å². The van der Waals surface area contributed by atoms with Crippen LogP contribution in [0.2, 0.25) is 5.02 Å². The summed E-state index contributed by atoms with van der Waals surface area (Å²) in [6.07, 6.45) is 0. The number of nitrogens with two attached hydrogens (primary N) is 1. The van der Waals surface area contributed by atoms with Crippen LogP contribution >= 0.6 is 23.4 Å². The summed E-state index contributed by atoms with van der Waals surface area (Å²) in [5, 5.41) is 3.51. The lowest BCUT2D eigenvalue weighted by Crippen LogP contribution is -2.14. The van der Waals surface area contributed by atoms with Crippen LogP contribution in [0.25, 0.3) is 0 Å². The Morgan fingerprint density at radius 1 is 1.30 bits per heavy atom. The lowest BCUT2D eigenvalue weighted by atomic mass is 10.2. The van der Waals surface area contributed by atoms with Crippen LogP contribution in [0.4, 0.5) is 11.4 Å². The van der Waals surface area contributed by atoms with Crippen LogP contribution in [0.1, 0.15) is 5.56 Å². The molecule has 0 bridgehead atoms. The number of anilines is 2. The summed E-state index contributed by atoms with van der Waals surface area (Å²) in [7, 11) is 0. The predicted molar refractivity (Wildman–Crippen MR) is 86.4 cm³/mol. The monoisotopic (exact) mass is 306 g/mol. The Balaban J connectivity index is 1.94. The molecule has 0 saturated carbocycles. The number of carbonyl (C=O) groups is 1. The second kappa shape index (κ2) is 6.68. The van der Waals surface area contributed by atoms with Gasteiger partial charge in [-0.25, -0.2) is 0 Å². The number of halogens is 1. The van der Waals surface area contributed by atoms with E-state index in [2.05, 4.69) is 5.32 Å². The molecule has 3 nitrogen and oxygen atoms in total. The molecule has 2 aromatic carbocycles. The molecule has 104 valence electrons. The molecule has 0 aliphatic heterocycles. The van der Waals surface area contributed by atoms with Crippen molar-refractivity contribution in [1.29, 1.82) is 0 Å². The van der Waals surface area contributed by atoms with Crippen LogP contribution in [0.15, 0.2) is 47.4 Å². The van der Waals surface area contributed by atoms with Crippen molar-refractivity contribution in [2.24, 2.45) is 0 Å². The van der Waals surface area contributed by atoms with Gasteiger partial charge in [0.1, 0.15) is 0 Å². The summed E-state index contributed by atoms with van der Waals surface area (Å²) in [6, 6.07) is 12.9. The molecule has 0 radical (unpaired) electrons. The third kappa shape index (κ3) is 3.92. The molecular weight excluding hydrogens is 292 g/mol. The van der Waals surface area contributed by atoms with E-state index < -0.39 is 0 Å². The zero-order valence-corrected chi connectivity index (χ0v) is 12.6. The minimum absolute atomic E-state index is 0.0669. The average Bonchev–Trinajstić information content (AvgIpc) is 2.42. The number of thioether (sulfide) groups is 1. The van der Waals surface area contributed by atoms with Gasteiger partial charge >= 0.3 is 0 Å². The zero-order chi connectivity index (χ0) is 14.5. The molecule has 3 N–H and O–H groups in total. The fourth-order valence-corrected chi connectivity index (χ4v) is 2.62. The van der Waals surface area contributed by atoms with Crippen LogP contribution in [0, 0.1) is 6.92 Å². The van der Waals surface area contributed by atoms with E-state index in [0.29, 0.717) is 16.5 Å². The van der Waals surface area contributed by atoms with E-state index in [9.17, 15) is 4.79 Å². The number of rotatable bonds is 4. The number of benzene rings is 2. The maximum absolute atomic E-state index is 11.9. The van der Waals surface area contributed by atoms with Crippen molar-refractivity contribution in [1.82, 2.24) is 0 Å². The molecule has 5 heteroatoms. The second-order valence-corrected chi connectivity index (χ2v) is 5.78. The van der Waals surface area contributed by atoms with Crippen molar-refractivity contribution in [3.05, 3.63) is 53.1 Å². The highest BCUT2D eigenvalue weighted by atomic mass is 35.5. The Labute approximate surface area is 127 Å². The van der Waals surface area contributed by atoms with E-state index in [-0.39, 0.29) is 5.91 Å². The van der Waals surface area contributed by atoms with Crippen LogP contribution in [0.5, 0.6) is 0 Å². The van der Waals surface area contributed by atoms with E-state index in [4.69, 9.17) is 17.3 Å². The Kier molecular flexibility index (Phi) is 4.93. The minimum Gasteiger partial charge on any atom is -0.399 e. The zero-order valence-electron chi connectivity index (χ0n) is 11.0. The van der Waals surface area contributed by atoms with Gasteiger partial charge in [-0.05, 0) is 42.8 Å². The molecule has 2 aromatic rings. The third-order valence-electron chi connectivity index (χ3n) is 2.77. The largest absolute Gasteiger partial charge is 0.399 e. The van der Waals surface area contributed by atoms with Gasteiger partial charge in [0.05, 0.1) is 5.75 Å². The molecule has 0 aliphatic carbocycles. The van der Waals surface area contributed by atoms with Crippen molar-refractivity contribution in [2.45, 2.75) is 11.8 Å². The van der Waals surface area contributed by atoms with Gasteiger partial charge in [-0.3, -0.25) is 4.79 Å². The molecule has 0 aromatic heterocycles. The van der Waals surface area contributed by atoms with E-state index >= 15 is 0 Å². The van der Waals surface area contributed by atoms with Gasteiger partial charge in [-0.15, -0.1) is 11.8 Å². The fraction of sp³-hybridized carbons (Fsp3) is 0.133. The van der Waals surface area contributed by atoms with Gasteiger partial charge in [0.25, 0.3) is 0 Å². The van der Waals surface area contributed by atoms with Crippen molar-refractivity contribution in [3.63, 3.8) is 0 Å². The van der Waals surface area contributed by atoms with Gasteiger partial charge in [0, 0.05) is 21.3 Å². The van der Waals surface area contributed by atoms with Crippen molar-refractivity contribution < 1.29 is 4.79 Å². The molecule has 0 aliphatic rings. The highest BCUT2D eigenvalue weighted by molar-refractivity contribution is 8.00. The highest BCUT2D eigenvalue weighted by Crippen LogP contribution is 2.24. The van der Waals surface area contributed by atoms with Crippen molar-refractivity contribution in [3.8, 4) is 0 Å². The Morgan fingerprint density at radius 2 is 2.05 bits per heavy atom. The summed E-state index contributed by atoms with van der Waals surface area (Å²) in [4.78, 5) is 12.9. The first-order chi connectivity index (χ1) is 9.56. The Hall–Kier alpha value is -1.65. The number of amides is 1. The van der Waals surface area contributed by atoms with E-state index in [0.717, 1.165) is 16.1 Å². The number of nitrogens with one attached hydrogen (secondary N) is 1. The normalized spacial score (nSPS) is 10.3. The Bertz CT molecular complexity index is 631. The van der Waals surface area contributed by atoms with Gasteiger partial charge < -0.3 is 11.1 Å². The minimum atomic E-state index is -0.0669. The molecule has 2 rings (SSSR count). The van der Waals surface area contributed by atoms with E-state index in [1.165, 1.54) is 11.8 Å². The lowest BCUT2D eigenvalue weighted by molar-refractivity contribution is -0.113. The van der Waals surface area contributed by atoms with E-state index in [1.54, 1.807) is 6.07 Å². The molecule has 0 heterocycles. The quantitative estimate of drug-likeness (QED) is 0.664. The van der Waals surface area contributed by atoms with Crippen LogP contribution in [-0.2, 0) is 4.79 Å². The van der Waals surface area contributed by atoms with Gasteiger partial charge in [0.2, 0.25) is 5.91 Å². The summed E-state index contributed by atoms with van der Waals surface area (Å²) >= 11 is 7.46. The molecule has 1 amide bonds. The maximum atomic E-state index is 11.9. The van der Waals surface area contributed by atoms with Crippen molar-refractivity contribution in [2.75, 3.05) is 16.8 Å². The SMILES string of the molecule is Cc1c(Cl)cccc1NC(=O)CSc1cccc(N)c1. The summed E-state index contributed by atoms with van der Waals surface area (Å²) in [6.45, 7) is 1.88. The standard InChI is InChI=1S/C15H15ClN2OS/c1-10-13(16)6-3-7-14(10)18-15(19)9-20-12-5-2-4-11(17)8-12/h2-8H,9,17H2,1H3,(H,18,19). The lowest BCUT2D eigenvalue weighted by Gasteiger charge is -2.09. The Morgan fingerprint density at radius 3 is 2.80 bits per heavy atom. The second-order valence-electron chi connectivity index (χ2n) is 4.32. The fourth-order valence-electron chi connectivity index (χ4n) is 1.68.